The normalized spacial score (nSPS) is 13.2. The fourth-order valence-electron chi connectivity index (χ4n) is 4.19. The van der Waals surface area contributed by atoms with Crippen molar-refractivity contribution in [3.63, 3.8) is 0 Å². The standard InChI is InChI=1S/C23H19N3O4/c1-27-14-5-3-12-4-6-15-20(17(10-24)23(25)26-21(15)16(12)9-14)13-7-18(28-2)22-19(8-13)29-11-30-22/h3,5,7-9H,4,6,11H2,1-2H3,(H2,25,26). The van der Waals surface area contributed by atoms with Crippen molar-refractivity contribution in [2.75, 3.05) is 26.7 Å². The summed E-state index contributed by atoms with van der Waals surface area (Å²) in [5.74, 6) is 2.63. The molecule has 150 valence electrons. The van der Waals surface area contributed by atoms with Gasteiger partial charge in [-0.2, -0.15) is 5.26 Å². The minimum atomic E-state index is 0.129. The fourth-order valence-corrected chi connectivity index (χ4v) is 4.19. The van der Waals surface area contributed by atoms with E-state index < -0.39 is 0 Å². The highest BCUT2D eigenvalue weighted by Gasteiger charge is 2.28. The third-order valence-corrected chi connectivity index (χ3v) is 5.60. The molecule has 0 unspecified atom stereocenters. The first kappa shape index (κ1) is 18.1. The number of aromatic nitrogens is 1. The molecular weight excluding hydrogens is 382 g/mol. The van der Waals surface area contributed by atoms with Gasteiger partial charge in [0.1, 0.15) is 23.2 Å². The van der Waals surface area contributed by atoms with Crippen molar-refractivity contribution >= 4 is 5.82 Å². The molecule has 0 saturated heterocycles. The van der Waals surface area contributed by atoms with Crippen LogP contribution in [0.3, 0.4) is 0 Å². The van der Waals surface area contributed by atoms with Gasteiger partial charge in [-0.15, -0.1) is 0 Å². The molecule has 0 fully saturated rings. The summed E-state index contributed by atoms with van der Waals surface area (Å²) in [5.41, 5.74) is 12.0. The van der Waals surface area contributed by atoms with Crippen molar-refractivity contribution in [3.8, 4) is 51.5 Å². The highest BCUT2D eigenvalue weighted by atomic mass is 16.7. The Kier molecular flexibility index (Phi) is 4.14. The number of nitriles is 1. The van der Waals surface area contributed by atoms with Crippen LogP contribution in [0.1, 0.15) is 16.7 Å². The van der Waals surface area contributed by atoms with E-state index in [1.807, 2.05) is 24.3 Å². The maximum Gasteiger partial charge on any atom is 0.231 e. The smallest absolute Gasteiger partial charge is 0.231 e. The summed E-state index contributed by atoms with van der Waals surface area (Å²) in [6.07, 6.45) is 1.57. The SMILES string of the molecule is COc1ccc2c(c1)-c1nc(N)c(C#N)c(-c3cc(OC)c4c(c3)OCO4)c1CC2. The van der Waals surface area contributed by atoms with E-state index in [0.717, 1.165) is 46.5 Å². The van der Waals surface area contributed by atoms with Gasteiger partial charge in [-0.25, -0.2) is 4.98 Å². The summed E-state index contributed by atoms with van der Waals surface area (Å²) in [7, 11) is 3.21. The molecule has 7 nitrogen and oxygen atoms in total. The zero-order chi connectivity index (χ0) is 20.8. The lowest BCUT2D eigenvalue weighted by Crippen LogP contribution is -2.11. The lowest BCUT2D eigenvalue weighted by atomic mass is 9.83. The summed E-state index contributed by atoms with van der Waals surface area (Å²) in [4.78, 5) is 4.62. The topological polar surface area (TPSA) is 99.6 Å². The second-order valence-electron chi connectivity index (χ2n) is 7.12. The number of methoxy groups -OCH3 is 2. The quantitative estimate of drug-likeness (QED) is 0.714. The van der Waals surface area contributed by atoms with E-state index in [-0.39, 0.29) is 12.6 Å². The third kappa shape index (κ3) is 2.61. The molecule has 1 aliphatic heterocycles. The number of benzene rings is 2. The highest BCUT2D eigenvalue weighted by Crippen LogP contribution is 2.48. The Bertz CT molecular complexity index is 1230. The minimum Gasteiger partial charge on any atom is -0.497 e. The predicted molar refractivity (Wildman–Crippen MR) is 111 cm³/mol. The highest BCUT2D eigenvalue weighted by molar-refractivity contribution is 5.88. The number of hydrogen-bond acceptors (Lipinski definition) is 7. The number of anilines is 1. The predicted octanol–water partition coefficient (Wildman–Crippen LogP) is 3.71. The second-order valence-corrected chi connectivity index (χ2v) is 7.12. The monoisotopic (exact) mass is 401 g/mol. The van der Waals surface area contributed by atoms with Crippen LogP contribution in [0.2, 0.25) is 0 Å². The second kappa shape index (κ2) is 6.85. The summed E-state index contributed by atoms with van der Waals surface area (Å²) in [6.45, 7) is 0.129. The molecule has 7 heteroatoms. The molecule has 0 radical (unpaired) electrons. The number of hydrogen-bond donors (Lipinski definition) is 1. The molecule has 0 spiro atoms. The average Bonchev–Trinajstić information content (AvgIpc) is 3.25. The summed E-state index contributed by atoms with van der Waals surface area (Å²) in [5, 5.41) is 9.88. The molecule has 3 aromatic rings. The summed E-state index contributed by atoms with van der Waals surface area (Å²) >= 11 is 0. The molecule has 2 aromatic carbocycles. The van der Waals surface area contributed by atoms with Crippen molar-refractivity contribution in [2.24, 2.45) is 0 Å². The van der Waals surface area contributed by atoms with Crippen LogP contribution < -0.4 is 24.7 Å². The molecule has 1 aromatic heterocycles. The Morgan fingerprint density at radius 2 is 1.97 bits per heavy atom. The first-order valence-corrected chi connectivity index (χ1v) is 9.52. The largest absolute Gasteiger partial charge is 0.497 e. The number of fused-ring (bicyclic) bond motifs is 4. The van der Waals surface area contributed by atoms with E-state index in [1.165, 1.54) is 5.56 Å². The number of aryl methyl sites for hydroxylation is 1. The lowest BCUT2D eigenvalue weighted by Gasteiger charge is -2.24. The van der Waals surface area contributed by atoms with E-state index in [9.17, 15) is 5.26 Å². The summed E-state index contributed by atoms with van der Waals surface area (Å²) < 4.78 is 22.0. The fraction of sp³-hybridized carbons (Fsp3) is 0.217. The van der Waals surface area contributed by atoms with Gasteiger partial charge < -0.3 is 24.7 Å². The Hall–Kier alpha value is -3.92. The molecule has 2 aliphatic rings. The molecule has 0 atom stereocenters. The number of pyridine rings is 1. The van der Waals surface area contributed by atoms with Crippen LogP contribution in [0.5, 0.6) is 23.0 Å². The van der Waals surface area contributed by atoms with Crippen LogP contribution in [-0.4, -0.2) is 26.0 Å². The van der Waals surface area contributed by atoms with E-state index in [2.05, 4.69) is 17.1 Å². The van der Waals surface area contributed by atoms with Crippen LogP contribution >= 0.6 is 0 Å². The maximum absolute atomic E-state index is 9.88. The minimum absolute atomic E-state index is 0.129. The van der Waals surface area contributed by atoms with E-state index in [0.29, 0.717) is 22.8 Å². The summed E-state index contributed by atoms with van der Waals surface area (Å²) in [6, 6.07) is 11.9. The molecule has 2 N–H and O–H groups in total. The van der Waals surface area contributed by atoms with Crippen molar-refractivity contribution in [2.45, 2.75) is 12.8 Å². The van der Waals surface area contributed by atoms with Crippen molar-refractivity contribution in [1.82, 2.24) is 4.98 Å². The van der Waals surface area contributed by atoms with Crippen LogP contribution in [-0.2, 0) is 12.8 Å². The van der Waals surface area contributed by atoms with E-state index in [4.69, 9.17) is 24.7 Å². The Morgan fingerprint density at radius 1 is 1.10 bits per heavy atom. The van der Waals surface area contributed by atoms with Crippen LogP contribution in [0.25, 0.3) is 22.4 Å². The van der Waals surface area contributed by atoms with Gasteiger partial charge in [-0.1, -0.05) is 6.07 Å². The van der Waals surface area contributed by atoms with Gasteiger partial charge in [0.25, 0.3) is 0 Å². The van der Waals surface area contributed by atoms with Gasteiger partial charge in [0.2, 0.25) is 12.5 Å². The van der Waals surface area contributed by atoms with Gasteiger partial charge >= 0.3 is 0 Å². The number of nitrogens with two attached hydrogens (primary N) is 1. The average molecular weight is 401 g/mol. The molecule has 0 bridgehead atoms. The molecule has 0 amide bonds. The number of nitrogens with zero attached hydrogens (tertiary/aromatic N) is 2. The van der Waals surface area contributed by atoms with Crippen molar-refractivity contribution < 1.29 is 18.9 Å². The van der Waals surface area contributed by atoms with Crippen LogP contribution in [0, 0.1) is 11.3 Å². The van der Waals surface area contributed by atoms with Gasteiger partial charge in [0.15, 0.2) is 11.5 Å². The third-order valence-electron chi connectivity index (χ3n) is 5.60. The van der Waals surface area contributed by atoms with Crippen molar-refractivity contribution in [3.05, 3.63) is 47.0 Å². The number of ether oxygens (including phenoxy) is 4. The lowest BCUT2D eigenvalue weighted by molar-refractivity contribution is 0.171. The first-order valence-electron chi connectivity index (χ1n) is 9.52. The van der Waals surface area contributed by atoms with Crippen molar-refractivity contribution in [1.29, 1.82) is 5.26 Å². The maximum atomic E-state index is 9.88. The molecular formula is C23H19N3O4. The van der Waals surface area contributed by atoms with Crippen LogP contribution in [0.15, 0.2) is 30.3 Å². The Balaban J connectivity index is 1.80. The van der Waals surface area contributed by atoms with E-state index in [1.54, 1.807) is 14.2 Å². The molecule has 1 aliphatic carbocycles. The number of nitrogen functional groups attached to an aromatic ring is 1. The first-order chi connectivity index (χ1) is 14.6. The van der Waals surface area contributed by atoms with Gasteiger partial charge in [-0.05, 0) is 53.8 Å². The Labute approximate surface area is 173 Å². The zero-order valence-electron chi connectivity index (χ0n) is 16.6. The van der Waals surface area contributed by atoms with Crippen LogP contribution in [0.4, 0.5) is 5.82 Å². The zero-order valence-corrected chi connectivity index (χ0v) is 16.6. The van der Waals surface area contributed by atoms with Gasteiger partial charge in [0, 0.05) is 11.1 Å². The number of rotatable bonds is 3. The molecule has 2 heterocycles. The van der Waals surface area contributed by atoms with E-state index >= 15 is 0 Å². The molecule has 5 rings (SSSR count). The van der Waals surface area contributed by atoms with Gasteiger partial charge in [0.05, 0.1) is 19.9 Å². The molecule has 0 saturated carbocycles. The Morgan fingerprint density at radius 3 is 2.73 bits per heavy atom. The molecule has 30 heavy (non-hydrogen) atoms. The van der Waals surface area contributed by atoms with Gasteiger partial charge in [-0.3, -0.25) is 0 Å².